The first-order valence-corrected chi connectivity index (χ1v) is 18.1. The van der Waals surface area contributed by atoms with Crippen molar-refractivity contribution in [2.45, 2.75) is 0 Å². The lowest BCUT2D eigenvalue weighted by atomic mass is 9.89. The van der Waals surface area contributed by atoms with Gasteiger partial charge in [0.1, 0.15) is 0 Å². The quantitative estimate of drug-likeness (QED) is 0.165. The Labute approximate surface area is 302 Å². The van der Waals surface area contributed by atoms with Gasteiger partial charge >= 0.3 is 0 Å². The molecule has 0 spiro atoms. The van der Waals surface area contributed by atoms with Gasteiger partial charge in [-0.1, -0.05) is 170 Å². The SMILES string of the molecule is c1cc(-c2cccc(-c3cc4c5ccccc5ccc4c4ccccc34)c2)cc(-c2cccc(-c3ccc4ccc5cccc6ccc3c4c56)c2)c1. The molecule has 0 saturated carbocycles. The fourth-order valence-corrected chi connectivity index (χ4v) is 8.70. The third-order valence-electron chi connectivity index (χ3n) is 11.2. The molecule has 0 fully saturated rings. The molecule has 0 heteroatoms. The average Bonchev–Trinajstić information content (AvgIpc) is 3.22. The van der Waals surface area contributed by atoms with Gasteiger partial charge in [-0.05, 0) is 133 Å². The molecule has 0 heterocycles. The van der Waals surface area contributed by atoms with Crippen LogP contribution in [0.25, 0.3) is 109 Å². The van der Waals surface area contributed by atoms with E-state index in [1.807, 2.05) is 0 Å². The molecule has 11 aromatic carbocycles. The summed E-state index contributed by atoms with van der Waals surface area (Å²) in [6.45, 7) is 0. The largest absolute Gasteiger partial charge is 0.0616 e. The van der Waals surface area contributed by atoms with Crippen molar-refractivity contribution in [3.8, 4) is 44.5 Å². The third kappa shape index (κ3) is 4.48. The van der Waals surface area contributed by atoms with Gasteiger partial charge in [0.2, 0.25) is 0 Å². The monoisotopic (exact) mass is 656 g/mol. The van der Waals surface area contributed by atoms with Crippen LogP contribution in [0.3, 0.4) is 0 Å². The summed E-state index contributed by atoms with van der Waals surface area (Å²) in [5, 5.41) is 15.6. The molecule has 11 rings (SSSR count). The molecule has 0 atom stereocenters. The Morgan fingerprint density at radius 2 is 0.635 bits per heavy atom. The molecule has 0 aliphatic heterocycles. The summed E-state index contributed by atoms with van der Waals surface area (Å²) in [4.78, 5) is 0. The van der Waals surface area contributed by atoms with Crippen LogP contribution < -0.4 is 0 Å². The number of hydrogen-bond acceptors (Lipinski definition) is 0. The van der Waals surface area contributed by atoms with Crippen LogP contribution in [0, 0.1) is 0 Å². The van der Waals surface area contributed by atoms with E-state index in [9.17, 15) is 0 Å². The lowest BCUT2D eigenvalue weighted by Crippen LogP contribution is -1.88. The van der Waals surface area contributed by atoms with Crippen LogP contribution >= 0.6 is 0 Å². The Hall–Kier alpha value is -6.76. The van der Waals surface area contributed by atoms with Crippen LogP contribution in [0.5, 0.6) is 0 Å². The predicted molar refractivity (Wildman–Crippen MR) is 224 cm³/mol. The number of fused-ring (bicyclic) bond motifs is 5. The van der Waals surface area contributed by atoms with Crippen molar-refractivity contribution in [2.24, 2.45) is 0 Å². The van der Waals surface area contributed by atoms with Gasteiger partial charge in [0.05, 0.1) is 0 Å². The van der Waals surface area contributed by atoms with E-state index in [2.05, 4.69) is 194 Å². The van der Waals surface area contributed by atoms with Gasteiger partial charge in [-0.25, -0.2) is 0 Å². The lowest BCUT2D eigenvalue weighted by molar-refractivity contribution is 1.58. The van der Waals surface area contributed by atoms with Crippen molar-refractivity contribution in [1.82, 2.24) is 0 Å². The highest BCUT2D eigenvalue weighted by atomic mass is 14.2. The molecular weight excluding hydrogens is 625 g/mol. The first kappa shape index (κ1) is 29.0. The first-order chi connectivity index (χ1) is 25.8. The van der Waals surface area contributed by atoms with E-state index in [1.54, 1.807) is 0 Å². The molecule has 0 bridgehead atoms. The molecule has 0 radical (unpaired) electrons. The topological polar surface area (TPSA) is 0 Å². The molecule has 0 N–H and O–H groups in total. The maximum absolute atomic E-state index is 2.40. The average molecular weight is 657 g/mol. The van der Waals surface area contributed by atoms with Crippen molar-refractivity contribution < 1.29 is 0 Å². The zero-order chi connectivity index (χ0) is 34.2. The highest BCUT2D eigenvalue weighted by Crippen LogP contribution is 2.42. The standard InChI is InChI=1S/C52H32/c1-2-18-43-33(9-1)23-27-47-45-19-3-4-20-46(45)49(32-50(43)47)42-17-8-15-40(31-42)38-13-6-12-37(29-38)39-14-7-16-41(30-39)44-26-24-36-22-21-34-10-5-11-35-25-28-48(44)52(36)51(34)35/h1-32H. The van der Waals surface area contributed by atoms with Crippen molar-refractivity contribution in [3.05, 3.63) is 194 Å². The molecule has 0 saturated heterocycles. The fourth-order valence-electron chi connectivity index (χ4n) is 8.70. The van der Waals surface area contributed by atoms with Gasteiger partial charge in [0.15, 0.2) is 0 Å². The Bertz CT molecular complexity index is 3160. The highest BCUT2D eigenvalue weighted by molar-refractivity contribution is 6.25. The molecule has 240 valence electrons. The van der Waals surface area contributed by atoms with Crippen LogP contribution in [0.1, 0.15) is 0 Å². The summed E-state index contributed by atoms with van der Waals surface area (Å²) in [7, 11) is 0. The minimum absolute atomic E-state index is 1.21. The van der Waals surface area contributed by atoms with E-state index in [-0.39, 0.29) is 0 Å². The number of hydrogen-bond donors (Lipinski definition) is 0. The molecule has 52 heavy (non-hydrogen) atoms. The molecule has 0 aliphatic rings. The van der Waals surface area contributed by atoms with Gasteiger partial charge in [0, 0.05) is 0 Å². The van der Waals surface area contributed by atoms with Gasteiger partial charge < -0.3 is 0 Å². The predicted octanol–water partition coefficient (Wildman–Crippen LogP) is 14.7. The molecule has 0 nitrogen and oxygen atoms in total. The van der Waals surface area contributed by atoms with Crippen molar-refractivity contribution >= 4 is 64.6 Å². The van der Waals surface area contributed by atoms with Gasteiger partial charge in [-0.2, -0.15) is 0 Å². The Morgan fingerprint density at radius 3 is 1.35 bits per heavy atom. The summed E-state index contributed by atoms with van der Waals surface area (Å²) < 4.78 is 0. The van der Waals surface area contributed by atoms with Crippen LogP contribution in [-0.2, 0) is 0 Å². The van der Waals surface area contributed by atoms with E-state index in [0.717, 1.165) is 0 Å². The normalized spacial score (nSPS) is 11.8. The highest BCUT2D eigenvalue weighted by Gasteiger charge is 2.14. The molecular formula is C52H32. The van der Waals surface area contributed by atoms with Crippen LogP contribution in [0.15, 0.2) is 194 Å². The summed E-state index contributed by atoms with van der Waals surface area (Å²) in [6, 6.07) is 71.9. The number of rotatable bonds is 4. The maximum Gasteiger partial charge on any atom is -0.00206 e. The Kier molecular flexibility index (Phi) is 6.35. The Balaban J connectivity index is 1.01. The molecule has 0 aliphatic carbocycles. The van der Waals surface area contributed by atoms with Gasteiger partial charge in [-0.3, -0.25) is 0 Å². The van der Waals surface area contributed by atoms with E-state index in [1.165, 1.54) is 109 Å². The van der Waals surface area contributed by atoms with E-state index >= 15 is 0 Å². The van der Waals surface area contributed by atoms with Gasteiger partial charge in [0.25, 0.3) is 0 Å². The fraction of sp³-hybridized carbons (Fsp3) is 0. The smallest absolute Gasteiger partial charge is 0.00206 e. The second-order valence-corrected chi connectivity index (χ2v) is 14.1. The van der Waals surface area contributed by atoms with E-state index < -0.39 is 0 Å². The Morgan fingerprint density at radius 1 is 0.192 bits per heavy atom. The maximum atomic E-state index is 2.40. The second kappa shape index (κ2) is 11.4. The molecule has 0 aromatic heterocycles. The van der Waals surface area contributed by atoms with Crippen molar-refractivity contribution in [1.29, 1.82) is 0 Å². The second-order valence-electron chi connectivity index (χ2n) is 14.1. The van der Waals surface area contributed by atoms with Gasteiger partial charge in [-0.15, -0.1) is 0 Å². The van der Waals surface area contributed by atoms with Crippen molar-refractivity contribution in [3.63, 3.8) is 0 Å². The molecule has 11 aromatic rings. The van der Waals surface area contributed by atoms with E-state index in [4.69, 9.17) is 0 Å². The van der Waals surface area contributed by atoms with Crippen LogP contribution in [-0.4, -0.2) is 0 Å². The molecule has 0 amide bonds. The minimum atomic E-state index is 1.21. The zero-order valence-corrected chi connectivity index (χ0v) is 28.5. The van der Waals surface area contributed by atoms with Crippen LogP contribution in [0.4, 0.5) is 0 Å². The van der Waals surface area contributed by atoms with Crippen LogP contribution in [0.2, 0.25) is 0 Å². The number of benzene rings is 11. The zero-order valence-electron chi connectivity index (χ0n) is 28.5. The summed E-state index contributed by atoms with van der Waals surface area (Å²) in [5.74, 6) is 0. The summed E-state index contributed by atoms with van der Waals surface area (Å²) >= 11 is 0. The first-order valence-electron chi connectivity index (χ1n) is 18.1. The molecule has 0 unspecified atom stereocenters. The third-order valence-corrected chi connectivity index (χ3v) is 11.2. The van der Waals surface area contributed by atoms with E-state index in [0.29, 0.717) is 0 Å². The summed E-state index contributed by atoms with van der Waals surface area (Å²) in [5.41, 5.74) is 9.85. The lowest BCUT2D eigenvalue weighted by Gasteiger charge is -2.15. The summed E-state index contributed by atoms with van der Waals surface area (Å²) in [6.07, 6.45) is 0. The van der Waals surface area contributed by atoms with Crippen molar-refractivity contribution in [2.75, 3.05) is 0 Å². The minimum Gasteiger partial charge on any atom is -0.0616 e.